The van der Waals surface area contributed by atoms with Gasteiger partial charge in [0.05, 0.1) is 0 Å². The molecule has 7 heteroatoms. The van der Waals surface area contributed by atoms with Gasteiger partial charge in [-0.25, -0.2) is 0 Å². The van der Waals surface area contributed by atoms with Gasteiger partial charge in [-0.05, 0) is 12.8 Å². The highest BCUT2D eigenvalue weighted by atomic mass is 16.5. The second-order valence-corrected chi connectivity index (χ2v) is 4.21. The zero-order valence-electron chi connectivity index (χ0n) is 11.1. The molecule has 0 fully saturated rings. The maximum absolute atomic E-state index is 9.33. The van der Waals surface area contributed by atoms with Crippen LogP contribution < -0.4 is 16.3 Å². The summed E-state index contributed by atoms with van der Waals surface area (Å²) < 4.78 is 0.474. The molecule has 0 saturated heterocycles. The molecule has 1 aromatic heterocycles. The van der Waals surface area contributed by atoms with E-state index in [0.717, 1.165) is 38.8 Å². The lowest BCUT2D eigenvalue weighted by Gasteiger charge is -2.22. The topological polar surface area (TPSA) is 104 Å². The van der Waals surface area contributed by atoms with Crippen LogP contribution in [0, 0.1) is 5.41 Å². The fraction of sp³-hybridized carbons (Fsp3) is 0.727. The number of nitrogen functional groups attached to an aromatic ring is 1. The van der Waals surface area contributed by atoms with Crippen molar-refractivity contribution < 1.29 is 5.21 Å². The zero-order valence-corrected chi connectivity index (χ0v) is 11.1. The Labute approximate surface area is 107 Å². The summed E-state index contributed by atoms with van der Waals surface area (Å²) in [5, 5.41) is 16.8. The van der Waals surface area contributed by atoms with E-state index in [1.807, 2.05) is 4.90 Å². The van der Waals surface area contributed by atoms with Gasteiger partial charge in [-0.1, -0.05) is 26.7 Å². The Morgan fingerprint density at radius 2 is 1.78 bits per heavy atom. The van der Waals surface area contributed by atoms with Crippen molar-refractivity contribution in [2.75, 3.05) is 23.7 Å². The number of hydrogen-bond donors (Lipinski definition) is 3. The molecule has 0 aliphatic heterocycles. The summed E-state index contributed by atoms with van der Waals surface area (Å²) >= 11 is 0. The molecule has 0 radical (unpaired) electrons. The fourth-order valence-electron chi connectivity index (χ4n) is 1.58. The summed E-state index contributed by atoms with van der Waals surface area (Å²) in [6.07, 6.45) is 4.24. The van der Waals surface area contributed by atoms with Crippen molar-refractivity contribution in [3.05, 3.63) is 5.62 Å². The van der Waals surface area contributed by atoms with Crippen LogP contribution >= 0.6 is 0 Å². The van der Waals surface area contributed by atoms with Gasteiger partial charge in [-0.2, -0.15) is 9.97 Å². The summed E-state index contributed by atoms with van der Waals surface area (Å²) in [7, 11) is 0. The number of aromatic nitrogens is 3. The van der Waals surface area contributed by atoms with E-state index in [9.17, 15) is 5.21 Å². The predicted molar refractivity (Wildman–Crippen MR) is 69.5 cm³/mol. The standard InChI is InChI=1S/C11H22N6O/c1-3-5-7-16(8-6-4-2)11-14-9(12)17(18)10(13)15-11/h18H,3-8H2,1-2H3,(H3,12,13,14,15). The third kappa shape index (κ3) is 3.61. The molecule has 0 aliphatic rings. The smallest absolute Gasteiger partial charge is 0.262 e. The van der Waals surface area contributed by atoms with E-state index in [1.165, 1.54) is 0 Å². The average Bonchev–Trinajstić information content (AvgIpc) is 2.35. The SMILES string of the molecule is CCCCN(CCCC)c1nc(N)n(O)c(=N)n1. The number of unbranched alkanes of at least 4 members (excludes halogenated alkanes) is 2. The van der Waals surface area contributed by atoms with Crippen molar-refractivity contribution in [3.8, 4) is 0 Å². The molecule has 0 aromatic carbocycles. The Kier molecular flexibility index (Phi) is 5.41. The first kappa shape index (κ1) is 14.3. The summed E-state index contributed by atoms with van der Waals surface area (Å²) in [5.41, 5.74) is 5.24. The number of nitrogens with one attached hydrogen (secondary N) is 1. The van der Waals surface area contributed by atoms with Gasteiger partial charge in [-0.3, -0.25) is 5.41 Å². The lowest BCUT2D eigenvalue weighted by molar-refractivity contribution is 0.168. The van der Waals surface area contributed by atoms with Crippen LogP contribution in [0.15, 0.2) is 0 Å². The fourth-order valence-corrected chi connectivity index (χ4v) is 1.58. The molecule has 0 unspecified atom stereocenters. The Morgan fingerprint density at radius 3 is 2.22 bits per heavy atom. The molecular weight excluding hydrogens is 232 g/mol. The Bertz CT molecular complexity index is 422. The molecule has 1 rings (SSSR count). The minimum atomic E-state index is -0.296. The van der Waals surface area contributed by atoms with Crippen molar-refractivity contribution >= 4 is 11.9 Å². The highest BCUT2D eigenvalue weighted by Crippen LogP contribution is 2.09. The Balaban J connectivity index is 2.93. The van der Waals surface area contributed by atoms with Crippen LogP contribution in [0.2, 0.25) is 0 Å². The van der Waals surface area contributed by atoms with Crippen molar-refractivity contribution in [2.24, 2.45) is 0 Å². The first-order valence-corrected chi connectivity index (χ1v) is 6.35. The molecule has 1 heterocycles. The average molecular weight is 254 g/mol. The molecule has 4 N–H and O–H groups in total. The lowest BCUT2D eigenvalue weighted by atomic mass is 10.3. The van der Waals surface area contributed by atoms with Crippen molar-refractivity contribution in [1.29, 1.82) is 5.41 Å². The zero-order chi connectivity index (χ0) is 13.5. The van der Waals surface area contributed by atoms with E-state index in [2.05, 4.69) is 23.8 Å². The molecule has 0 atom stereocenters. The van der Waals surface area contributed by atoms with Crippen molar-refractivity contribution in [3.63, 3.8) is 0 Å². The summed E-state index contributed by atoms with van der Waals surface area (Å²) in [6, 6.07) is 0. The van der Waals surface area contributed by atoms with Crippen LogP contribution in [0.5, 0.6) is 0 Å². The van der Waals surface area contributed by atoms with E-state index in [0.29, 0.717) is 10.7 Å². The lowest BCUT2D eigenvalue weighted by Crippen LogP contribution is -2.33. The monoisotopic (exact) mass is 254 g/mol. The third-order valence-corrected chi connectivity index (χ3v) is 2.68. The molecule has 1 aromatic rings. The van der Waals surface area contributed by atoms with E-state index in [-0.39, 0.29) is 11.6 Å². The van der Waals surface area contributed by atoms with Gasteiger partial charge in [-0.15, -0.1) is 4.73 Å². The van der Waals surface area contributed by atoms with E-state index in [4.69, 9.17) is 11.1 Å². The first-order valence-electron chi connectivity index (χ1n) is 6.35. The van der Waals surface area contributed by atoms with Crippen LogP contribution in [0.1, 0.15) is 39.5 Å². The highest BCUT2D eigenvalue weighted by molar-refractivity contribution is 5.33. The highest BCUT2D eigenvalue weighted by Gasteiger charge is 2.11. The molecule has 0 spiro atoms. The van der Waals surface area contributed by atoms with Crippen molar-refractivity contribution in [1.82, 2.24) is 14.7 Å². The Morgan fingerprint density at radius 1 is 1.22 bits per heavy atom. The second kappa shape index (κ2) is 6.83. The van der Waals surface area contributed by atoms with Gasteiger partial charge in [0.1, 0.15) is 0 Å². The number of hydrogen-bond acceptors (Lipinski definition) is 6. The van der Waals surface area contributed by atoms with Gasteiger partial charge in [0.2, 0.25) is 11.9 Å². The molecule has 18 heavy (non-hydrogen) atoms. The minimum absolute atomic E-state index is 0.108. The van der Waals surface area contributed by atoms with Crippen LogP contribution in [0.3, 0.4) is 0 Å². The van der Waals surface area contributed by atoms with Gasteiger partial charge >= 0.3 is 0 Å². The largest absolute Gasteiger partial charge is 0.422 e. The summed E-state index contributed by atoms with van der Waals surface area (Å²) in [5.74, 6) is 0.313. The van der Waals surface area contributed by atoms with Gasteiger partial charge in [0.15, 0.2) is 0 Å². The van der Waals surface area contributed by atoms with Crippen LogP contribution in [0.4, 0.5) is 11.9 Å². The molecule has 0 amide bonds. The van der Waals surface area contributed by atoms with Gasteiger partial charge < -0.3 is 15.8 Å². The predicted octanol–water partition coefficient (Wildman–Crippen LogP) is 0.984. The summed E-state index contributed by atoms with van der Waals surface area (Å²) in [4.78, 5) is 9.99. The molecule has 102 valence electrons. The Hall–Kier alpha value is -1.79. The quantitative estimate of drug-likeness (QED) is 0.629. The maximum Gasteiger partial charge on any atom is 0.262 e. The molecule has 7 nitrogen and oxygen atoms in total. The van der Waals surface area contributed by atoms with E-state index in [1.54, 1.807) is 0 Å². The maximum atomic E-state index is 9.33. The van der Waals surface area contributed by atoms with E-state index >= 15 is 0 Å². The number of rotatable bonds is 7. The normalized spacial score (nSPS) is 10.6. The molecule has 0 bridgehead atoms. The number of nitrogens with zero attached hydrogens (tertiary/aromatic N) is 4. The van der Waals surface area contributed by atoms with Crippen molar-refractivity contribution in [2.45, 2.75) is 39.5 Å². The summed E-state index contributed by atoms with van der Waals surface area (Å²) in [6.45, 7) is 5.92. The molecule has 0 aliphatic carbocycles. The van der Waals surface area contributed by atoms with Gasteiger partial charge in [0.25, 0.3) is 5.62 Å². The van der Waals surface area contributed by atoms with Crippen LogP contribution in [-0.4, -0.2) is 33.0 Å². The van der Waals surface area contributed by atoms with E-state index < -0.39 is 0 Å². The first-order chi connectivity index (χ1) is 8.60. The second-order valence-electron chi connectivity index (χ2n) is 4.21. The minimum Gasteiger partial charge on any atom is -0.422 e. The number of nitrogens with two attached hydrogens (primary N) is 1. The number of anilines is 2. The molecular formula is C11H22N6O. The van der Waals surface area contributed by atoms with Crippen LogP contribution in [-0.2, 0) is 0 Å². The van der Waals surface area contributed by atoms with Crippen LogP contribution in [0.25, 0.3) is 0 Å². The van der Waals surface area contributed by atoms with Gasteiger partial charge in [0, 0.05) is 13.1 Å². The molecule has 0 saturated carbocycles. The third-order valence-electron chi connectivity index (χ3n) is 2.68.